The molecule has 0 saturated carbocycles. The van der Waals surface area contributed by atoms with Crippen molar-refractivity contribution in [3.63, 3.8) is 0 Å². The molecule has 26 nitrogen and oxygen atoms in total. The van der Waals surface area contributed by atoms with Crippen LogP contribution in [0.1, 0.15) is 203 Å². The Morgan fingerprint density at radius 2 is 1.06 bits per heavy atom. The second-order valence-corrected chi connectivity index (χ2v) is 33.2. The molecule has 0 aliphatic carbocycles. The van der Waals surface area contributed by atoms with E-state index in [-0.39, 0.29) is 98.7 Å². The predicted octanol–water partition coefficient (Wildman–Crippen LogP) is 11.8. The number of aromatic nitrogens is 8. The third-order valence-corrected chi connectivity index (χ3v) is 12.8. The number of nitrogens with zero attached hydrogens (tertiary/aromatic N) is 7. The van der Waals surface area contributed by atoms with Crippen LogP contribution in [-0.2, 0) is 64.7 Å². The molecular formula is C65H115Br4ClCuFN9O17. The first-order valence-electron chi connectivity index (χ1n) is 30.7. The number of rotatable bonds is 14. The molecule has 3 aliphatic rings. The van der Waals surface area contributed by atoms with Gasteiger partial charge in [0.2, 0.25) is 17.4 Å². The van der Waals surface area contributed by atoms with E-state index >= 15 is 0 Å². The maximum atomic E-state index is 11.9. The van der Waals surface area contributed by atoms with Crippen molar-refractivity contribution in [2.75, 3.05) is 79.4 Å². The molecule has 575 valence electrons. The van der Waals surface area contributed by atoms with Gasteiger partial charge in [-0.2, -0.15) is 20.4 Å². The van der Waals surface area contributed by atoms with Crippen LogP contribution in [0.3, 0.4) is 0 Å². The van der Waals surface area contributed by atoms with Crippen LogP contribution >= 0.6 is 72.5 Å². The Morgan fingerprint density at radius 3 is 1.31 bits per heavy atom. The van der Waals surface area contributed by atoms with E-state index in [4.69, 9.17) is 40.0 Å². The number of halogens is 6. The van der Waals surface area contributed by atoms with Crippen molar-refractivity contribution < 1.29 is 100 Å². The molecule has 7 rings (SSSR count). The van der Waals surface area contributed by atoms with E-state index in [0.29, 0.717) is 79.0 Å². The van der Waals surface area contributed by atoms with Crippen LogP contribution in [0.15, 0.2) is 61.5 Å². The molecular weight excluding hydrogens is 1620 g/mol. The van der Waals surface area contributed by atoms with Gasteiger partial charge in [0.1, 0.15) is 17.1 Å². The Hall–Kier alpha value is -3.67. The van der Waals surface area contributed by atoms with Gasteiger partial charge in [-0.25, -0.2) is 0 Å². The van der Waals surface area contributed by atoms with Crippen LogP contribution in [0.2, 0.25) is 0 Å². The van der Waals surface area contributed by atoms with Crippen molar-refractivity contribution >= 4 is 113 Å². The zero-order chi connectivity index (χ0) is 75.6. The molecule has 0 atom stereocenters. The number of Topliss-reactive ketones (excluding diaryl/α,β-unsaturated/α-hetero) is 6. The third kappa shape index (κ3) is 49.0. The molecule has 3 aliphatic heterocycles. The van der Waals surface area contributed by atoms with Gasteiger partial charge in [-0.05, 0) is 66.7 Å². The summed E-state index contributed by atoms with van der Waals surface area (Å²) >= 11 is 13.7. The topological polar surface area (TPSA) is 375 Å². The summed E-state index contributed by atoms with van der Waals surface area (Å²) in [6, 6.07) is 5.75. The van der Waals surface area contributed by atoms with Gasteiger partial charge in [0.25, 0.3) is 0 Å². The van der Waals surface area contributed by atoms with Gasteiger partial charge in [0.05, 0.1) is 72.9 Å². The standard InChI is InChI=1S/C12H21NO3.C10H16N2O2.C9H16O3.C8H11BrN2O.C8H12N2O.C5H6N2O.C5H12O2.C4H6O2.C3H7Br.CH3F.2BrH.ClH.Cu.2H2O/c1-11(2)8-15-12(3,16-9-11)10(14)6-7-13(4)5;1-9(2)6-13-10(3,14-7-9)8-4-11-12-5-8;1-7(10)9(4)11-5-8(2,3)6-12-9;1-6(2)11-4-3-7(10-11)8(12)5-9;1-6(2)10-5-4-8(9-10)7(3)11;1-4(8)5-2-3-6-7-5;1-5(2,3-6)4-7;1-3(5)4(2)6;1-3(2)4;1-2;;;;;;/h6-7H,8-9H2,1-5H3;4-5H,6-7H2,1-3H3,(H,11,12);5-6H2,1-4H3;3-4,6H,5H2,1-2H3;4-6H,1-3H3;2-3H,1H3,(H,6,7);6-7H,3-4H2,1-2H3;1-2H3;3H,1-2H3;1H3;3*1H;;2*1H2/q;;;;;;;;;;;;;+2;;/p-2/b7-6+;;;;;;;;;;;;;;;/i;;;;;;;;;1D;;;;;;. The first-order chi connectivity index (χ1) is 44.0. The summed E-state index contributed by atoms with van der Waals surface area (Å²) < 4.78 is 52.3. The fraction of sp³-hybridized carbons (Fsp3) is 0.677. The number of ketones is 7. The molecule has 4 aromatic heterocycles. The molecule has 0 aromatic carbocycles. The summed E-state index contributed by atoms with van der Waals surface area (Å²) in [5, 5.41) is 38.2. The fourth-order valence-electron chi connectivity index (χ4n) is 5.79. The monoisotopic (exact) mass is 1730 g/mol. The van der Waals surface area contributed by atoms with Crippen LogP contribution in [0.25, 0.3) is 0 Å². The fourth-order valence-corrected chi connectivity index (χ4v) is 6.07. The Morgan fingerprint density at radius 1 is 0.694 bits per heavy atom. The van der Waals surface area contributed by atoms with E-state index in [0.717, 1.165) is 5.56 Å². The zero-order valence-corrected chi connectivity index (χ0v) is 69.6. The van der Waals surface area contributed by atoms with Gasteiger partial charge in [-0.3, -0.25) is 57.5 Å². The average Bonchev–Trinajstić information content (AvgIpc) is 1.31. The SMILES string of the molecule is CC(=O)C(C)=O.CC(=O)C1(C)OCC(C)(C)CO1.CC(=O)c1ccn(C(C)C)n1.CC(=O)c1ccn[nH]1.CC(C)(CO)CO.CC(C)Br.CC(C)n1ccc(C(=O)CBr)n1.CC1(C)COC(C)(c2cn[nH]c2)OC1.CN(C)/C=C/C(=O)C1(C)OCC(C)(C)CO1.Cl.O.O.[2H]CF.[Br][Cu][Br]. The van der Waals surface area contributed by atoms with Gasteiger partial charge in [-0.15, -0.1) is 12.4 Å². The molecule has 98 heavy (non-hydrogen) atoms. The van der Waals surface area contributed by atoms with Gasteiger partial charge < -0.3 is 54.5 Å². The van der Waals surface area contributed by atoms with Gasteiger partial charge in [0.15, 0.2) is 40.5 Å². The van der Waals surface area contributed by atoms with Gasteiger partial charge in [-0.1, -0.05) is 101 Å². The number of aliphatic hydroxyl groups excluding tert-OH is 2. The quantitative estimate of drug-likeness (QED) is 0.0299. The van der Waals surface area contributed by atoms with Crippen LogP contribution in [-0.4, -0.2) is 202 Å². The van der Waals surface area contributed by atoms with E-state index in [2.05, 4.69) is 118 Å². The summed E-state index contributed by atoms with van der Waals surface area (Å²) in [6.07, 6.45) is 11.9. The predicted molar refractivity (Wildman–Crippen MR) is 393 cm³/mol. The molecule has 33 heteroatoms. The molecule has 4 aromatic rings. The molecule has 0 amide bonds. The van der Waals surface area contributed by atoms with Crippen LogP contribution in [0.4, 0.5) is 4.39 Å². The second kappa shape index (κ2) is 54.0. The van der Waals surface area contributed by atoms with Crippen molar-refractivity contribution in [3.05, 3.63) is 84.1 Å². The molecule has 3 fully saturated rings. The summed E-state index contributed by atoms with van der Waals surface area (Å²) in [4.78, 5) is 77.4. The van der Waals surface area contributed by atoms with Crippen molar-refractivity contribution in [1.82, 2.24) is 44.9 Å². The Kier molecular flexibility index (Phi) is 58.1. The van der Waals surface area contributed by atoms with Gasteiger partial charge in [0, 0.05) is 130 Å². The minimum atomic E-state index is -1.12. The number of carbonyl (C=O) groups is 7. The van der Waals surface area contributed by atoms with E-state index in [1.165, 1.54) is 52.0 Å². The van der Waals surface area contributed by atoms with Gasteiger partial charge >= 0.3 is 39.6 Å². The number of ether oxygens (including phenoxy) is 6. The Labute approximate surface area is 625 Å². The summed E-state index contributed by atoms with van der Waals surface area (Å²) in [5.74, 6) is -3.69. The molecule has 0 bridgehead atoms. The summed E-state index contributed by atoms with van der Waals surface area (Å²) in [5.41, 5.74) is 2.36. The first-order valence-corrected chi connectivity index (χ1v) is 36.7. The van der Waals surface area contributed by atoms with E-state index in [9.17, 15) is 38.0 Å². The number of carbonyl (C=O) groups excluding carboxylic acids is 7. The molecule has 0 spiro atoms. The number of aromatic amines is 2. The zero-order valence-electron chi connectivity index (χ0n) is 62.5. The van der Waals surface area contributed by atoms with Crippen LogP contribution in [0, 0.1) is 21.7 Å². The average molecular weight is 1730 g/mol. The van der Waals surface area contributed by atoms with Crippen molar-refractivity contribution in [3.8, 4) is 0 Å². The second-order valence-electron chi connectivity index (χ2n) is 26.1. The number of H-pyrrole nitrogens is 2. The normalized spacial score (nSPS) is 16.0. The van der Waals surface area contributed by atoms with E-state index in [1.807, 2.05) is 88.8 Å². The first kappa shape index (κ1) is 105. The van der Waals surface area contributed by atoms with Crippen molar-refractivity contribution in [1.29, 1.82) is 0 Å². The maximum absolute atomic E-state index is 11.9. The number of hydrogen-bond acceptors (Lipinski definition) is 20. The molecule has 0 radical (unpaired) electrons. The molecule has 3 saturated heterocycles. The van der Waals surface area contributed by atoms with Crippen molar-refractivity contribution in [2.45, 2.75) is 187 Å². The molecule has 8 N–H and O–H groups in total. The number of alkyl halides is 3. The van der Waals surface area contributed by atoms with Crippen molar-refractivity contribution in [2.24, 2.45) is 21.7 Å². The summed E-state index contributed by atoms with van der Waals surface area (Å²) in [6.45, 7) is 44.3. The summed E-state index contributed by atoms with van der Waals surface area (Å²) in [7, 11) is 2.72. The van der Waals surface area contributed by atoms with E-state index in [1.54, 1.807) is 84.9 Å². The third-order valence-electron chi connectivity index (χ3n) is 12.3. The Bertz CT molecular complexity index is 2810. The number of aliphatic hydroxyl groups is 2. The number of nitrogens with one attached hydrogen (secondary N) is 2. The minimum absolute atomic E-state index is 0. The number of hydrogen-bond donors (Lipinski definition) is 4. The van der Waals surface area contributed by atoms with E-state index < -0.39 is 24.5 Å². The van der Waals surface area contributed by atoms with Crippen LogP contribution < -0.4 is 0 Å². The molecule has 0 unspecified atom stereocenters. The van der Waals surface area contributed by atoms with Crippen LogP contribution in [0.5, 0.6) is 0 Å². The molecule has 7 heterocycles. The Balaban J connectivity index is -0.000000193.